The van der Waals surface area contributed by atoms with E-state index >= 15 is 0 Å². The molecule has 148 valence electrons. The molecule has 11 heteroatoms. The smallest absolute Gasteiger partial charge is 0.328 e. The zero-order chi connectivity index (χ0) is 19.5. The first-order valence-corrected chi connectivity index (χ1v) is 9.45. The third-order valence-electron chi connectivity index (χ3n) is 3.41. The first kappa shape index (κ1) is 22.5. The Morgan fingerprint density at radius 1 is 1.46 bits per heavy atom. The first-order chi connectivity index (χ1) is 12.4. The van der Waals surface area contributed by atoms with Crippen molar-refractivity contribution in [1.29, 1.82) is 0 Å². The predicted octanol–water partition coefficient (Wildman–Crippen LogP) is 0.109. The summed E-state index contributed by atoms with van der Waals surface area (Å²) < 4.78 is 16.9. The Hall–Kier alpha value is -1.58. The second-order valence-corrected chi connectivity index (χ2v) is 6.60. The molecule has 0 aliphatic carbocycles. The Bertz CT molecular complexity index is 663. The van der Waals surface area contributed by atoms with Crippen LogP contribution in [0.3, 0.4) is 0 Å². The van der Waals surface area contributed by atoms with Crippen molar-refractivity contribution in [2.45, 2.75) is 45.4 Å². The van der Waals surface area contributed by atoms with Crippen LogP contribution in [-0.2, 0) is 25.3 Å². The highest BCUT2D eigenvalue weighted by Crippen LogP contribution is 2.27. The number of ether oxygens (including phenoxy) is 2. The van der Waals surface area contributed by atoms with Gasteiger partial charge in [0, 0.05) is 25.9 Å². The molecule has 3 atom stereocenters. The van der Waals surface area contributed by atoms with E-state index in [4.69, 9.17) is 14.0 Å². The molecule has 10 nitrogen and oxygen atoms in total. The van der Waals surface area contributed by atoms with Crippen molar-refractivity contribution < 1.29 is 23.7 Å². The third-order valence-corrected chi connectivity index (χ3v) is 4.41. The van der Waals surface area contributed by atoms with Crippen LogP contribution in [0.4, 0.5) is 0 Å². The number of rotatable bonds is 12. The van der Waals surface area contributed by atoms with Crippen molar-refractivity contribution in [3.05, 3.63) is 33.1 Å². The molecule has 0 bridgehead atoms. The van der Waals surface area contributed by atoms with Crippen molar-refractivity contribution in [2.24, 2.45) is 0 Å². The van der Waals surface area contributed by atoms with Crippen LogP contribution in [-0.4, -0.2) is 52.9 Å². The highest BCUT2D eigenvalue weighted by atomic mass is 31.2. The first-order valence-electron chi connectivity index (χ1n) is 8.24. The molecule has 0 saturated heterocycles. The van der Waals surface area contributed by atoms with Gasteiger partial charge in [-0.3, -0.25) is 14.6 Å². The van der Waals surface area contributed by atoms with Crippen LogP contribution < -0.4 is 16.3 Å². The monoisotopic (exact) mass is 391 g/mol. The van der Waals surface area contributed by atoms with E-state index in [0.717, 1.165) is 6.42 Å². The minimum Gasteiger partial charge on any atom is -0.465 e. The van der Waals surface area contributed by atoms with Gasteiger partial charge in [-0.2, -0.15) is 0 Å². The Morgan fingerprint density at radius 3 is 2.81 bits per heavy atom. The molecule has 0 fully saturated rings. The summed E-state index contributed by atoms with van der Waals surface area (Å²) in [5, 5.41) is 2.63. The lowest BCUT2D eigenvalue weighted by Crippen LogP contribution is -2.33. The zero-order valence-corrected chi connectivity index (χ0v) is 16.0. The number of aryl methyl sites for hydroxylation is 1. The van der Waals surface area contributed by atoms with Gasteiger partial charge >= 0.3 is 11.7 Å². The third kappa shape index (κ3) is 8.20. The van der Waals surface area contributed by atoms with Gasteiger partial charge in [-0.15, -0.1) is 0 Å². The number of carbonyl (C=O) groups excluding carboxylic acids is 1. The maximum atomic E-state index is 11.6. The van der Waals surface area contributed by atoms with Gasteiger partial charge in [0.15, 0.2) is 0 Å². The molecule has 1 aromatic rings. The molecule has 0 spiro atoms. The number of hydrogen-bond acceptors (Lipinski definition) is 8. The van der Waals surface area contributed by atoms with Crippen molar-refractivity contribution in [3.8, 4) is 0 Å². The molecular formula is C15H26N3O7P. The fourth-order valence-electron chi connectivity index (χ4n) is 1.91. The van der Waals surface area contributed by atoms with E-state index in [2.05, 4.69) is 10.1 Å². The van der Waals surface area contributed by atoms with Crippen LogP contribution in [0.15, 0.2) is 21.9 Å². The van der Waals surface area contributed by atoms with Crippen LogP contribution >= 0.6 is 8.53 Å². The van der Waals surface area contributed by atoms with Gasteiger partial charge in [-0.25, -0.2) is 9.88 Å². The molecule has 0 amide bonds. The lowest BCUT2D eigenvalue weighted by atomic mass is 10.2. The molecule has 3 N–H and O–H groups in total. The Balaban J connectivity index is 2.39. The van der Waals surface area contributed by atoms with Crippen molar-refractivity contribution in [2.75, 3.05) is 20.3 Å². The lowest BCUT2D eigenvalue weighted by molar-refractivity contribution is -0.145. The average Bonchev–Trinajstić information content (AvgIpc) is 2.61. The van der Waals surface area contributed by atoms with E-state index in [-0.39, 0.29) is 12.7 Å². The molecular weight excluding hydrogens is 365 g/mol. The summed E-state index contributed by atoms with van der Waals surface area (Å²) in [7, 11) is -0.540. The number of hydrogen-bond donors (Lipinski definition) is 3. The van der Waals surface area contributed by atoms with Crippen LogP contribution in [0, 0.1) is 0 Å². The summed E-state index contributed by atoms with van der Waals surface area (Å²) in [6.45, 7) is 4.17. The summed E-state index contributed by atoms with van der Waals surface area (Å²) in [6, 6.07) is 0.564. The van der Waals surface area contributed by atoms with Gasteiger partial charge in [0.1, 0.15) is 6.04 Å². The van der Waals surface area contributed by atoms with Crippen LogP contribution in [0.1, 0.15) is 26.7 Å². The summed E-state index contributed by atoms with van der Waals surface area (Å²) in [5.41, 5.74) is -0.958. The fourth-order valence-corrected chi connectivity index (χ4v) is 2.73. The van der Waals surface area contributed by atoms with E-state index in [0.29, 0.717) is 19.6 Å². The largest absolute Gasteiger partial charge is 0.465 e. The minimum absolute atomic E-state index is 0.0700. The lowest BCUT2D eigenvalue weighted by Gasteiger charge is -2.20. The van der Waals surface area contributed by atoms with Gasteiger partial charge in [0.2, 0.25) is 0 Å². The van der Waals surface area contributed by atoms with Crippen LogP contribution in [0.5, 0.6) is 0 Å². The normalized spacial score (nSPS) is 14.6. The highest BCUT2D eigenvalue weighted by Gasteiger charge is 2.20. The number of nitrogens with zero attached hydrogens (tertiary/aromatic N) is 1. The Labute approximate surface area is 152 Å². The van der Waals surface area contributed by atoms with Gasteiger partial charge in [0.05, 0.1) is 19.3 Å². The number of carbonyl (C=O) groups is 1. The molecule has 0 aliphatic heterocycles. The van der Waals surface area contributed by atoms with Gasteiger partial charge in [-0.1, -0.05) is 6.92 Å². The second-order valence-electron chi connectivity index (χ2n) is 5.54. The number of H-pyrrole nitrogens is 1. The Kier molecular flexibility index (Phi) is 10.3. The van der Waals surface area contributed by atoms with Crippen molar-refractivity contribution in [1.82, 2.24) is 14.6 Å². The minimum atomic E-state index is -2.03. The highest BCUT2D eigenvalue weighted by molar-refractivity contribution is 7.43. The number of methoxy groups -OCH3 is 1. The number of esters is 1. The SMILES string of the molecule is CCCOC(=O)C(C)NP(O)OCC(CCn1ccc(=O)[nH]c1=O)OC. The molecule has 1 aromatic heterocycles. The fraction of sp³-hybridized carbons (Fsp3) is 0.667. The summed E-state index contributed by atoms with van der Waals surface area (Å²) in [6.07, 6.45) is 2.17. The molecule has 1 rings (SSSR count). The molecule has 0 aliphatic rings. The van der Waals surface area contributed by atoms with Gasteiger partial charge in [0.25, 0.3) is 14.1 Å². The van der Waals surface area contributed by atoms with E-state index in [1.165, 1.54) is 23.9 Å². The van der Waals surface area contributed by atoms with Crippen molar-refractivity contribution >= 4 is 14.5 Å². The van der Waals surface area contributed by atoms with Gasteiger partial charge in [-0.05, 0) is 19.8 Å². The van der Waals surface area contributed by atoms with Gasteiger partial charge < -0.3 is 23.5 Å². The topological polar surface area (TPSA) is 132 Å². The maximum Gasteiger partial charge on any atom is 0.328 e. The predicted molar refractivity (Wildman–Crippen MR) is 95.7 cm³/mol. The molecule has 0 saturated carbocycles. The number of aromatic amines is 1. The van der Waals surface area contributed by atoms with E-state index in [9.17, 15) is 19.3 Å². The zero-order valence-electron chi connectivity index (χ0n) is 15.1. The average molecular weight is 391 g/mol. The van der Waals surface area contributed by atoms with Crippen LogP contribution in [0.25, 0.3) is 0 Å². The molecule has 1 heterocycles. The second kappa shape index (κ2) is 11.9. The van der Waals surface area contributed by atoms with E-state index in [1.54, 1.807) is 6.92 Å². The Morgan fingerprint density at radius 2 is 2.19 bits per heavy atom. The molecule has 26 heavy (non-hydrogen) atoms. The van der Waals surface area contributed by atoms with Crippen LogP contribution in [0.2, 0.25) is 0 Å². The molecule has 0 radical (unpaired) electrons. The quantitative estimate of drug-likeness (QED) is 0.338. The maximum absolute atomic E-state index is 11.6. The van der Waals surface area contributed by atoms with Crippen molar-refractivity contribution in [3.63, 3.8) is 0 Å². The van der Waals surface area contributed by atoms with E-state index < -0.39 is 31.8 Å². The molecule has 3 unspecified atom stereocenters. The number of nitrogens with one attached hydrogen (secondary N) is 2. The number of aromatic nitrogens is 2. The summed E-state index contributed by atoms with van der Waals surface area (Å²) in [5.74, 6) is -0.460. The summed E-state index contributed by atoms with van der Waals surface area (Å²) in [4.78, 5) is 46.3. The van der Waals surface area contributed by atoms with E-state index in [1.807, 2.05) is 6.92 Å². The molecule has 0 aromatic carbocycles. The standard InChI is InChI=1S/C15H26N3O7P/c1-4-9-24-14(20)11(2)17-26(22)25-10-12(23-3)5-7-18-8-6-13(19)16-15(18)21/h6,8,11-12,17,22H,4-5,7,9-10H2,1-3H3,(H,16,19,21). The summed E-state index contributed by atoms with van der Waals surface area (Å²) >= 11 is 0.